The first kappa shape index (κ1) is 21.7. The number of hydrogen-bond acceptors (Lipinski definition) is 6. The summed E-state index contributed by atoms with van der Waals surface area (Å²) < 4.78 is 5.05. The number of aryl methyl sites for hydroxylation is 1. The number of nitrogens with one attached hydrogen (secondary N) is 2. The number of methoxy groups -OCH3 is 1. The molecule has 31 heavy (non-hydrogen) atoms. The second kappa shape index (κ2) is 9.30. The minimum absolute atomic E-state index is 0.311. The summed E-state index contributed by atoms with van der Waals surface area (Å²) in [5.74, 6) is -0.436. The maximum absolute atomic E-state index is 12.6. The van der Waals surface area contributed by atoms with Gasteiger partial charge in [-0.3, -0.25) is 4.90 Å². The molecule has 0 unspecified atom stereocenters. The van der Waals surface area contributed by atoms with Crippen LogP contribution in [0.3, 0.4) is 0 Å². The van der Waals surface area contributed by atoms with Gasteiger partial charge in [0.15, 0.2) is 0 Å². The molecule has 4 rings (SSSR count). The fraction of sp³-hybridized carbons (Fsp3) is 0.364. The number of carbonyl (C=O) groups is 2. The fourth-order valence-corrected chi connectivity index (χ4v) is 5.01. The Bertz CT molecular complexity index is 1000. The van der Waals surface area contributed by atoms with Crippen molar-refractivity contribution in [1.82, 2.24) is 15.5 Å². The molecule has 1 atom stereocenters. The van der Waals surface area contributed by atoms with Gasteiger partial charge in [-0.05, 0) is 36.1 Å². The number of piperazine rings is 1. The predicted octanol–water partition coefficient (Wildman–Crippen LogP) is 3.31. The number of amides is 2. The van der Waals surface area contributed by atoms with Gasteiger partial charge in [0.2, 0.25) is 0 Å². The minimum Gasteiger partial charge on any atom is -0.466 e. The second-order valence-corrected chi connectivity index (χ2v) is 9.04. The van der Waals surface area contributed by atoms with Crippen LogP contribution in [-0.2, 0) is 9.53 Å². The third kappa shape index (κ3) is 4.71. The van der Waals surface area contributed by atoms with Gasteiger partial charge in [0.1, 0.15) is 0 Å². The van der Waals surface area contributed by atoms with E-state index >= 15 is 0 Å². The molecule has 2 aromatic rings. The van der Waals surface area contributed by atoms with Crippen LogP contribution < -0.4 is 15.5 Å². The average molecular weight is 461 g/mol. The van der Waals surface area contributed by atoms with E-state index in [1.165, 1.54) is 24.0 Å². The Morgan fingerprint density at radius 3 is 2.71 bits per heavy atom. The van der Waals surface area contributed by atoms with Crippen LogP contribution in [-0.4, -0.2) is 56.7 Å². The lowest BCUT2D eigenvalue weighted by atomic mass is 10.0. The zero-order chi connectivity index (χ0) is 22.0. The summed E-state index contributed by atoms with van der Waals surface area (Å²) in [7, 11) is 1.36. The van der Waals surface area contributed by atoms with E-state index in [1.807, 2.05) is 35.7 Å². The Morgan fingerprint density at radius 1 is 1.26 bits per heavy atom. The highest BCUT2D eigenvalue weighted by Gasteiger charge is 2.35. The van der Waals surface area contributed by atoms with Crippen LogP contribution in [0.1, 0.15) is 16.5 Å². The quantitative estimate of drug-likeness (QED) is 0.669. The van der Waals surface area contributed by atoms with Crippen molar-refractivity contribution in [3.05, 3.63) is 62.4 Å². The lowest BCUT2D eigenvalue weighted by molar-refractivity contribution is -0.136. The van der Waals surface area contributed by atoms with E-state index in [-0.39, 0.29) is 6.03 Å². The van der Waals surface area contributed by atoms with Crippen LogP contribution in [0.4, 0.5) is 10.5 Å². The summed E-state index contributed by atoms with van der Waals surface area (Å²) in [6, 6.07) is 8.94. The van der Waals surface area contributed by atoms with E-state index in [2.05, 4.69) is 27.4 Å². The van der Waals surface area contributed by atoms with Gasteiger partial charge in [0, 0.05) is 54.0 Å². The van der Waals surface area contributed by atoms with Gasteiger partial charge in [-0.2, -0.15) is 0 Å². The average Bonchev–Trinajstić information content (AvgIpc) is 3.30. The highest BCUT2D eigenvalue weighted by atomic mass is 35.5. The molecule has 0 aliphatic carbocycles. The van der Waals surface area contributed by atoms with Gasteiger partial charge >= 0.3 is 12.0 Å². The van der Waals surface area contributed by atoms with E-state index in [9.17, 15) is 9.59 Å². The summed E-state index contributed by atoms with van der Waals surface area (Å²) in [5, 5.41) is 8.35. The number of urea groups is 1. The Kier molecular flexibility index (Phi) is 6.50. The Labute approximate surface area is 190 Å². The van der Waals surface area contributed by atoms with Crippen molar-refractivity contribution < 1.29 is 14.3 Å². The van der Waals surface area contributed by atoms with E-state index in [0.29, 0.717) is 17.8 Å². The van der Waals surface area contributed by atoms with Gasteiger partial charge in [-0.25, -0.2) is 9.59 Å². The summed E-state index contributed by atoms with van der Waals surface area (Å²) >= 11 is 7.69. The van der Waals surface area contributed by atoms with Crippen LogP contribution >= 0.6 is 22.9 Å². The van der Waals surface area contributed by atoms with Crippen molar-refractivity contribution in [3.63, 3.8) is 0 Å². The molecule has 0 saturated carbocycles. The first-order valence-electron chi connectivity index (χ1n) is 10.1. The zero-order valence-electron chi connectivity index (χ0n) is 17.5. The van der Waals surface area contributed by atoms with Gasteiger partial charge in [-0.1, -0.05) is 23.7 Å². The standard InChI is InChI=1S/C22H25ClN4O3S/c1-14-5-6-15(23)12-17(14)27-9-7-26(8-10-27)13-16-19(21(28)30-2)20(25-22(29)24-16)18-4-3-11-31-18/h3-6,11-12,20H,7-10,13H2,1-2H3,(H2,24,25,29)/t20-/m0/s1. The van der Waals surface area contributed by atoms with Crippen molar-refractivity contribution in [2.45, 2.75) is 13.0 Å². The smallest absolute Gasteiger partial charge is 0.338 e. The maximum Gasteiger partial charge on any atom is 0.338 e. The third-order valence-electron chi connectivity index (χ3n) is 5.65. The summed E-state index contributed by atoms with van der Waals surface area (Å²) in [4.78, 5) is 30.4. The van der Waals surface area contributed by atoms with Crippen molar-refractivity contribution >= 4 is 40.6 Å². The first-order chi connectivity index (χ1) is 15.0. The molecular weight excluding hydrogens is 436 g/mol. The summed E-state index contributed by atoms with van der Waals surface area (Å²) in [6.45, 7) is 5.84. The Hall–Kier alpha value is -2.55. The van der Waals surface area contributed by atoms with Crippen LogP contribution in [0.25, 0.3) is 0 Å². The molecule has 1 aromatic heterocycles. The molecule has 2 N–H and O–H groups in total. The number of anilines is 1. The number of rotatable bonds is 5. The molecule has 1 saturated heterocycles. The molecule has 164 valence electrons. The number of benzene rings is 1. The van der Waals surface area contributed by atoms with Gasteiger partial charge < -0.3 is 20.3 Å². The van der Waals surface area contributed by atoms with Crippen molar-refractivity contribution in [2.75, 3.05) is 44.7 Å². The predicted molar refractivity (Wildman–Crippen MR) is 123 cm³/mol. The van der Waals surface area contributed by atoms with Crippen molar-refractivity contribution in [3.8, 4) is 0 Å². The highest BCUT2D eigenvalue weighted by Crippen LogP contribution is 2.31. The van der Waals surface area contributed by atoms with E-state index in [0.717, 1.165) is 41.8 Å². The van der Waals surface area contributed by atoms with Crippen molar-refractivity contribution in [1.29, 1.82) is 0 Å². The molecule has 3 heterocycles. The van der Waals surface area contributed by atoms with Crippen LogP contribution in [0, 0.1) is 6.92 Å². The first-order valence-corrected chi connectivity index (χ1v) is 11.4. The van der Waals surface area contributed by atoms with Gasteiger partial charge in [0.25, 0.3) is 0 Å². The molecule has 7 nitrogen and oxygen atoms in total. The maximum atomic E-state index is 12.6. The lowest BCUT2D eigenvalue weighted by Crippen LogP contribution is -2.51. The van der Waals surface area contributed by atoms with Crippen molar-refractivity contribution in [2.24, 2.45) is 0 Å². The number of thiophene rings is 1. The van der Waals surface area contributed by atoms with E-state index in [4.69, 9.17) is 16.3 Å². The van der Waals surface area contributed by atoms with E-state index < -0.39 is 12.0 Å². The molecule has 0 bridgehead atoms. The fourth-order valence-electron chi connectivity index (χ4n) is 4.06. The van der Waals surface area contributed by atoms with Crippen LogP contribution in [0.2, 0.25) is 5.02 Å². The molecule has 2 aliphatic heterocycles. The van der Waals surface area contributed by atoms with Gasteiger partial charge in [0.05, 0.1) is 18.7 Å². The molecule has 0 radical (unpaired) electrons. The summed E-state index contributed by atoms with van der Waals surface area (Å²) in [6.07, 6.45) is 0. The molecule has 0 spiro atoms. The molecular formula is C22H25ClN4O3S. The number of ether oxygens (including phenoxy) is 1. The van der Waals surface area contributed by atoms with E-state index in [1.54, 1.807) is 0 Å². The SMILES string of the molecule is COC(=O)C1=C(CN2CCN(c3cc(Cl)ccc3C)CC2)NC(=O)N[C@H]1c1cccs1. The summed E-state index contributed by atoms with van der Waals surface area (Å²) in [5.41, 5.74) is 3.39. The molecule has 1 fully saturated rings. The number of halogens is 1. The topological polar surface area (TPSA) is 73.9 Å². The Balaban J connectivity index is 1.52. The molecule has 9 heteroatoms. The number of hydrogen-bond donors (Lipinski definition) is 2. The second-order valence-electron chi connectivity index (χ2n) is 7.62. The zero-order valence-corrected chi connectivity index (χ0v) is 19.1. The Morgan fingerprint density at radius 2 is 2.03 bits per heavy atom. The number of esters is 1. The highest BCUT2D eigenvalue weighted by molar-refractivity contribution is 7.10. The largest absolute Gasteiger partial charge is 0.466 e. The normalized spacial score (nSPS) is 19.8. The molecule has 1 aromatic carbocycles. The van der Waals surface area contributed by atoms with Crippen LogP contribution in [0.15, 0.2) is 47.0 Å². The third-order valence-corrected chi connectivity index (χ3v) is 6.82. The molecule has 2 amide bonds. The number of nitrogens with zero attached hydrogens (tertiary/aromatic N) is 2. The minimum atomic E-state index is -0.508. The molecule has 2 aliphatic rings. The number of carbonyl (C=O) groups excluding carboxylic acids is 2. The lowest BCUT2D eigenvalue weighted by Gasteiger charge is -2.38. The van der Waals surface area contributed by atoms with Crippen LogP contribution in [0.5, 0.6) is 0 Å². The monoisotopic (exact) mass is 460 g/mol. The van der Waals surface area contributed by atoms with Gasteiger partial charge in [-0.15, -0.1) is 11.3 Å².